The molecule has 0 heterocycles. The summed E-state index contributed by atoms with van der Waals surface area (Å²) in [5.74, 6) is 1.86. The Labute approximate surface area is 87.5 Å². The van der Waals surface area contributed by atoms with Crippen molar-refractivity contribution >= 4 is 0 Å². The van der Waals surface area contributed by atoms with Crippen LogP contribution < -0.4 is 5.32 Å². The highest BCUT2D eigenvalue weighted by Crippen LogP contribution is 2.37. The van der Waals surface area contributed by atoms with Gasteiger partial charge >= 0.3 is 0 Å². The number of nitrogens with one attached hydrogen (secondary N) is 1. The zero-order valence-electron chi connectivity index (χ0n) is 9.66. The van der Waals surface area contributed by atoms with E-state index in [1.165, 1.54) is 13.0 Å². The van der Waals surface area contributed by atoms with Crippen molar-refractivity contribution in [3.8, 4) is 0 Å². The molecule has 84 valence electrons. The third-order valence-corrected chi connectivity index (χ3v) is 3.24. The fourth-order valence-electron chi connectivity index (χ4n) is 1.99. The minimum atomic E-state index is 0.277. The van der Waals surface area contributed by atoms with E-state index < -0.39 is 0 Å². The summed E-state index contributed by atoms with van der Waals surface area (Å²) in [4.78, 5) is 2.38. The van der Waals surface area contributed by atoms with Crippen molar-refractivity contribution in [1.29, 1.82) is 0 Å². The van der Waals surface area contributed by atoms with Crippen molar-refractivity contribution in [2.24, 2.45) is 11.8 Å². The normalized spacial score (nSPS) is 28.1. The molecule has 0 aliphatic heterocycles. The van der Waals surface area contributed by atoms with Crippen LogP contribution in [0, 0.1) is 11.8 Å². The Morgan fingerprint density at radius 2 is 2.21 bits per heavy atom. The molecule has 1 fully saturated rings. The molecule has 1 aliphatic carbocycles. The lowest BCUT2D eigenvalue weighted by Gasteiger charge is -2.23. The minimum Gasteiger partial charge on any atom is -0.396 e. The molecule has 0 saturated heterocycles. The van der Waals surface area contributed by atoms with Gasteiger partial charge in [0.15, 0.2) is 0 Å². The lowest BCUT2D eigenvalue weighted by molar-refractivity contribution is 0.229. The first-order valence-electron chi connectivity index (χ1n) is 5.64. The zero-order valence-corrected chi connectivity index (χ0v) is 9.66. The lowest BCUT2D eigenvalue weighted by Crippen LogP contribution is -2.39. The quantitative estimate of drug-likeness (QED) is 0.630. The summed E-state index contributed by atoms with van der Waals surface area (Å²) in [5, 5.41) is 12.1. The monoisotopic (exact) mass is 200 g/mol. The molecule has 1 aliphatic rings. The first kappa shape index (κ1) is 12.0. The molecular weight excluding hydrogens is 176 g/mol. The Hall–Kier alpha value is -0.120. The van der Waals surface area contributed by atoms with Crippen molar-refractivity contribution in [2.75, 3.05) is 33.8 Å². The molecule has 14 heavy (non-hydrogen) atoms. The van der Waals surface area contributed by atoms with Crippen LogP contribution in [0.25, 0.3) is 0 Å². The summed E-state index contributed by atoms with van der Waals surface area (Å²) >= 11 is 0. The van der Waals surface area contributed by atoms with Gasteiger partial charge in [0.2, 0.25) is 0 Å². The molecular formula is C11H24N2O. The fourth-order valence-corrected chi connectivity index (χ4v) is 1.99. The number of rotatable bonds is 7. The van der Waals surface area contributed by atoms with Crippen LogP contribution in [-0.4, -0.2) is 49.8 Å². The number of aliphatic hydroxyl groups is 1. The number of aliphatic hydroxyl groups excluding tert-OH is 1. The van der Waals surface area contributed by atoms with Crippen LogP contribution in [0.15, 0.2) is 0 Å². The van der Waals surface area contributed by atoms with E-state index in [0.717, 1.165) is 24.8 Å². The number of hydrogen-bond acceptors (Lipinski definition) is 3. The predicted molar refractivity (Wildman–Crippen MR) is 59.3 cm³/mol. The van der Waals surface area contributed by atoms with Crippen LogP contribution in [0.2, 0.25) is 0 Å². The van der Waals surface area contributed by atoms with E-state index in [4.69, 9.17) is 5.11 Å². The molecule has 3 heteroatoms. The Balaban J connectivity index is 2.13. The van der Waals surface area contributed by atoms with Crippen molar-refractivity contribution in [1.82, 2.24) is 10.2 Å². The molecule has 0 aromatic rings. The molecule has 0 aromatic carbocycles. The van der Waals surface area contributed by atoms with Gasteiger partial charge in [-0.1, -0.05) is 6.92 Å². The number of likely N-dealkylation sites (N-methyl/N-ethyl adjacent to an activating group) is 2. The van der Waals surface area contributed by atoms with Gasteiger partial charge in [0.25, 0.3) is 0 Å². The maximum atomic E-state index is 8.86. The predicted octanol–water partition coefficient (Wildman–Crippen LogP) is 0.545. The largest absolute Gasteiger partial charge is 0.396 e. The Morgan fingerprint density at radius 3 is 2.64 bits per heavy atom. The van der Waals surface area contributed by atoms with Crippen molar-refractivity contribution in [3.63, 3.8) is 0 Å². The van der Waals surface area contributed by atoms with E-state index in [2.05, 4.69) is 24.2 Å². The summed E-state index contributed by atoms with van der Waals surface area (Å²) in [5.41, 5.74) is 0. The molecule has 0 amide bonds. The summed E-state index contributed by atoms with van der Waals surface area (Å²) in [7, 11) is 4.14. The van der Waals surface area contributed by atoms with Crippen molar-refractivity contribution < 1.29 is 5.11 Å². The third kappa shape index (κ3) is 3.95. The van der Waals surface area contributed by atoms with Gasteiger partial charge in [0, 0.05) is 25.7 Å². The number of nitrogens with zero attached hydrogens (tertiary/aromatic N) is 1. The molecule has 2 N–H and O–H groups in total. The SMILES string of the molecule is CNC(CCO)CN(C)CC1CC1C. The van der Waals surface area contributed by atoms with Gasteiger partial charge in [-0.2, -0.15) is 0 Å². The van der Waals surface area contributed by atoms with E-state index in [-0.39, 0.29) is 6.61 Å². The second-order valence-electron chi connectivity index (χ2n) is 4.69. The van der Waals surface area contributed by atoms with E-state index >= 15 is 0 Å². The highest BCUT2D eigenvalue weighted by atomic mass is 16.3. The van der Waals surface area contributed by atoms with Gasteiger partial charge in [-0.25, -0.2) is 0 Å². The van der Waals surface area contributed by atoms with Crippen LogP contribution in [-0.2, 0) is 0 Å². The fraction of sp³-hybridized carbons (Fsp3) is 1.00. The summed E-state index contributed by atoms with van der Waals surface area (Å²) < 4.78 is 0. The molecule has 0 aromatic heterocycles. The molecule has 0 spiro atoms. The van der Waals surface area contributed by atoms with Crippen LogP contribution in [0.4, 0.5) is 0 Å². The van der Waals surface area contributed by atoms with Gasteiger partial charge in [-0.3, -0.25) is 0 Å². The van der Waals surface area contributed by atoms with Crippen LogP contribution in [0.1, 0.15) is 19.8 Å². The highest BCUT2D eigenvalue weighted by molar-refractivity contribution is 4.85. The standard InChI is InChI=1S/C11H24N2O/c1-9-6-10(9)7-13(3)8-11(12-2)4-5-14/h9-12,14H,4-8H2,1-3H3. The van der Waals surface area contributed by atoms with Crippen LogP contribution in [0.5, 0.6) is 0 Å². The Morgan fingerprint density at radius 1 is 1.57 bits per heavy atom. The molecule has 0 radical (unpaired) electrons. The average molecular weight is 200 g/mol. The lowest BCUT2D eigenvalue weighted by atomic mass is 10.2. The molecule has 3 unspecified atom stereocenters. The smallest absolute Gasteiger partial charge is 0.0446 e. The maximum Gasteiger partial charge on any atom is 0.0446 e. The van der Waals surface area contributed by atoms with Gasteiger partial charge < -0.3 is 15.3 Å². The van der Waals surface area contributed by atoms with Crippen LogP contribution in [0.3, 0.4) is 0 Å². The second kappa shape index (κ2) is 5.69. The van der Waals surface area contributed by atoms with Gasteiger partial charge in [-0.05, 0) is 38.8 Å². The molecule has 1 rings (SSSR count). The molecule has 3 nitrogen and oxygen atoms in total. The van der Waals surface area contributed by atoms with Crippen molar-refractivity contribution in [3.05, 3.63) is 0 Å². The summed E-state index contributed by atoms with van der Waals surface area (Å²) in [6.07, 6.45) is 2.25. The third-order valence-electron chi connectivity index (χ3n) is 3.24. The summed E-state index contributed by atoms with van der Waals surface area (Å²) in [6.45, 7) is 4.85. The topological polar surface area (TPSA) is 35.5 Å². The Bertz CT molecular complexity index is 163. The minimum absolute atomic E-state index is 0.277. The van der Waals surface area contributed by atoms with Gasteiger partial charge in [0.05, 0.1) is 0 Å². The molecule has 3 atom stereocenters. The van der Waals surface area contributed by atoms with E-state index in [1.807, 2.05) is 7.05 Å². The first-order chi connectivity index (χ1) is 6.67. The Kier molecular flexibility index (Phi) is 4.85. The average Bonchev–Trinajstić information content (AvgIpc) is 2.80. The van der Waals surface area contributed by atoms with E-state index in [1.54, 1.807) is 0 Å². The van der Waals surface area contributed by atoms with Crippen molar-refractivity contribution in [2.45, 2.75) is 25.8 Å². The number of hydrogen-bond donors (Lipinski definition) is 2. The highest BCUT2D eigenvalue weighted by Gasteiger charge is 2.33. The van der Waals surface area contributed by atoms with Crippen LogP contribution >= 0.6 is 0 Å². The first-order valence-corrected chi connectivity index (χ1v) is 5.64. The van der Waals surface area contributed by atoms with Gasteiger partial charge in [0.1, 0.15) is 0 Å². The molecule has 1 saturated carbocycles. The van der Waals surface area contributed by atoms with Gasteiger partial charge in [-0.15, -0.1) is 0 Å². The maximum absolute atomic E-state index is 8.86. The molecule has 0 bridgehead atoms. The second-order valence-corrected chi connectivity index (χ2v) is 4.69. The zero-order chi connectivity index (χ0) is 10.6. The van der Waals surface area contributed by atoms with E-state index in [0.29, 0.717) is 6.04 Å². The summed E-state index contributed by atoms with van der Waals surface area (Å²) in [6, 6.07) is 0.430. The van der Waals surface area contributed by atoms with E-state index in [9.17, 15) is 0 Å².